The second-order valence-electron chi connectivity index (χ2n) is 4.53. The molecule has 0 amide bonds. The van der Waals surface area contributed by atoms with Crippen LogP contribution in [0.1, 0.15) is 32.0 Å². The van der Waals surface area contributed by atoms with Gasteiger partial charge in [0.25, 0.3) is 0 Å². The van der Waals surface area contributed by atoms with E-state index in [0.29, 0.717) is 18.3 Å². The SMILES string of the molecule is Cc1nc(CNCCC(C)(C)C(N)=NO)no1. The fraction of sp³-hybridized carbons (Fsp3) is 0.700. The maximum atomic E-state index is 8.62. The Morgan fingerprint density at radius 2 is 2.29 bits per heavy atom. The standard InChI is InChI=1S/C10H19N5O2/c1-7-13-8(15-17-7)6-12-5-4-10(2,3)9(11)14-16/h12,16H,4-6H2,1-3H3,(H2,11,14). The average Bonchev–Trinajstić information content (AvgIpc) is 2.69. The summed E-state index contributed by atoms with van der Waals surface area (Å²) in [5, 5.41) is 18.6. The average molecular weight is 241 g/mol. The lowest BCUT2D eigenvalue weighted by Crippen LogP contribution is -2.34. The molecule has 0 aliphatic rings. The number of aryl methyl sites for hydroxylation is 1. The van der Waals surface area contributed by atoms with E-state index in [1.807, 2.05) is 13.8 Å². The summed E-state index contributed by atoms with van der Waals surface area (Å²) in [7, 11) is 0. The van der Waals surface area contributed by atoms with Crippen molar-refractivity contribution in [1.29, 1.82) is 0 Å². The highest BCUT2D eigenvalue weighted by molar-refractivity contribution is 5.85. The van der Waals surface area contributed by atoms with E-state index in [2.05, 4.69) is 20.6 Å². The largest absolute Gasteiger partial charge is 0.409 e. The van der Waals surface area contributed by atoms with Crippen molar-refractivity contribution in [3.05, 3.63) is 11.7 Å². The van der Waals surface area contributed by atoms with Gasteiger partial charge in [0, 0.05) is 12.3 Å². The summed E-state index contributed by atoms with van der Waals surface area (Å²) in [4.78, 5) is 4.07. The van der Waals surface area contributed by atoms with Crippen LogP contribution in [0.15, 0.2) is 9.68 Å². The molecule has 0 radical (unpaired) electrons. The summed E-state index contributed by atoms with van der Waals surface area (Å²) in [6.45, 7) is 6.85. The Kier molecular flexibility index (Phi) is 4.45. The minimum atomic E-state index is -0.338. The molecule has 0 aliphatic carbocycles. The summed E-state index contributed by atoms with van der Waals surface area (Å²) in [5.41, 5.74) is 5.24. The van der Waals surface area contributed by atoms with Crippen LogP contribution in [-0.2, 0) is 6.54 Å². The Hall–Kier alpha value is -1.63. The van der Waals surface area contributed by atoms with Gasteiger partial charge in [0.2, 0.25) is 5.89 Å². The molecule has 17 heavy (non-hydrogen) atoms. The van der Waals surface area contributed by atoms with Crippen LogP contribution in [-0.4, -0.2) is 27.7 Å². The number of rotatable bonds is 6. The van der Waals surface area contributed by atoms with E-state index in [4.69, 9.17) is 15.5 Å². The molecular formula is C10H19N5O2. The Morgan fingerprint density at radius 3 is 2.82 bits per heavy atom. The lowest BCUT2D eigenvalue weighted by atomic mass is 9.88. The van der Waals surface area contributed by atoms with Crippen molar-refractivity contribution in [3.8, 4) is 0 Å². The van der Waals surface area contributed by atoms with Crippen molar-refractivity contribution in [3.63, 3.8) is 0 Å². The van der Waals surface area contributed by atoms with Gasteiger partial charge in [-0.3, -0.25) is 0 Å². The first kappa shape index (κ1) is 13.4. The van der Waals surface area contributed by atoms with E-state index in [9.17, 15) is 0 Å². The molecule has 7 nitrogen and oxygen atoms in total. The molecular weight excluding hydrogens is 222 g/mol. The monoisotopic (exact) mass is 241 g/mol. The Balaban J connectivity index is 2.29. The van der Waals surface area contributed by atoms with Crippen LogP contribution >= 0.6 is 0 Å². The van der Waals surface area contributed by atoms with Crippen molar-refractivity contribution in [2.75, 3.05) is 6.54 Å². The number of hydrogen-bond acceptors (Lipinski definition) is 6. The fourth-order valence-electron chi connectivity index (χ4n) is 1.28. The number of nitrogens with zero attached hydrogens (tertiary/aromatic N) is 3. The van der Waals surface area contributed by atoms with Gasteiger partial charge in [-0.1, -0.05) is 24.2 Å². The van der Waals surface area contributed by atoms with Crippen LogP contribution < -0.4 is 11.1 Å². The number of hydrogen-bond donors (Lipinski definition) is 3. The van der Waals surface area contributed by atoms with Crippen LogP contribution in [0.5, 0.6) is 0 Å². The van der Waals surface area contributed by atoms with Gasteiger partial charge in [-0.05, 0) is 13.0 Å². The van der Waals surface area contributed by atoms with Crippen molar-refractivity contribution in [2.24, 2.45) is 16.3 Å². The molecule has 0 saturated heterocycles. The molecule has 0 fully saturated rings. The number of aromatic nitrogens is 2. The second-order valence-corrected chi connectivity index (χ2v) is 4.53. The Morgan fingerprint density at radius 1 is 1.59 bits per heavy atom. The van der Waals surface area contributed by atoms with Gasteiger partial charge in [-0.15, -0.1) is 0 Å². The number of amidine groups is 1. The van der Waals surface area contributed by atoms with Crippen LogP contribution in [0.4, 0.5) is 0 Å². The Labute approximate surface area is 100 Å². The quantitative estimate of drug-likeness (QED) is 0.221. The molecule has 1 rings (SSSR count). The first-order valence-corrected chi connectivity index (χ1v) is 5.43. The number of nitrogens with one attached hydrogen (secondary N) is 1. The van der Waals surface area contributed by atoms with E-state index in [1.54, 1.807) is 6.92 Å². The molecule has 0 aliphatic heterocycles. The van der Waals surface area contributed by atoms with Gasteiger partial charge in [-0.25, -0.2) is 0 Å². The first-order chi connectivity index (χ1) is 7.95. The molecule has 1 heterocycles. The highest BCUT2D eigenvalue weighted by Crippen LogP contribution is 2.19. The molecule has 0 saturated carbocycles. The topological polar surface area (TPSA) is 110 Å². The zero-order valence-corrected chi connectivity index (χ0v) is 10.4. The van der Waals surface area contributed by atoms with Crippen molar-refractivity contribution in [1.82, 2.24) is 15.5 Å². The predicted octanol–water partition coefficient (Wildman–Crippen LogP) is 0.630. The molecule has 1 aromatic rings. The maximum Gasteiger partial charge on any atom is 0.223 e. The summed E-state index contributed by atoms with van der Waals surface area (Å²) in [6, 6.07) is 0. The third-order valence-corrected chi connectivity index (χ3v) is 2.58. The van der Waals surface area contributed by atoms with Gasteiger partial charge in [0.15, 0.2) is 5.82 Å². The van der Waals surface area contributed by atoms with Gasteiger partial charge in [-0.2, -0.15) is 4.98 Å². The molecule has 0 unspecified atom stereocenters. The van der Waals surface area contributed by atoms with Crippen molar-refractivity contribution < 1.29 is 9.73 Å². The van der Waals surface area contributed by atoms with Crippen LogP contribution in [0, 0.1) is 12.3 Å². The summed E-state index contributed by atoms with van der Waals surface area (Å²) >= 11 is 0. The smallest absolute Gasteiger partial charge is 0.223 e. The molecule has 1 aromatic heterocycles. The lowest BCUT2D eigenvalue weighted by Gasteiger charge is -2.22. The van der Waals surface area contributed by atoms with Crippen LogP contribution in [0.3, 0.4) is 0 Å². The van der Waals surface area contributed by atoms with E-state index in [0.717, 1.165) is 13.0 Å². The molecule has 0 atom stereocenters. The molecule has 7 heteroatoms. The van der Waals surface area contributed by atoms with Gasteiger partial charge in [0.1, 0.15) is 5.84 Å². The predicted molar refractivity (Wildman–Crippen MR) is 62.5 cm³/mol. The van der Waals surface area contributed by atoms with E-state index >= 15 is 0 Å². The molecule has 0 spiro atoms. The van der Waals surface area contributed by atoms with Crippen LogP contribution in [0.2, 0.25) is 0 Å². The van der Waals surface area contributed by atoms with Gasteiger partial charge >= 0.3 is 0 Å². The first-order valence-electron chi connectivity index (χ1n) is 5.43. The van der Waals surface area contributed by atoms with Crippen molar-refractivity contribution in [2.45, 2.75) is 33.7 Å². The number of oxime groups is 1. The molecule has 96 valence electrons. The minimum absolute atomic E-state index is 0.231. The van der Waals surface area contributed by atoms with E-state index in [1.165, 1.54) is 0 Å². The van der Waals surface area contributed by atoms with Gasteiger partial charge in [0.05, 0.1) is 6.54 Å². The van der Waals surface area contributed by atoms with Crippen molar-refractivity contribution >= 4 is 5.84 Å². The minimum Gasteiger partial charge on any atom is -0.409 e. The number of nitrogens with two attached hydrogens (primary N) is 1. The molecule has 4 N–H and O–H groups in total. The van der Waals surface area contributed by atoms with E-state index in [-0.39, 0.29) is 11.3 Å². The van der Waals surface area contributed by atoms with Crippen LogP contribution in [0.25, 0.3) is 0 Å². The highest BCUT2D eigenvalue weighted by Gasteiger charge is 2.22. The zero-order valence-electron chi connectivity index (χ0n) is 10.4. The fourth-order valence-corrected chi connectivity index (χ4v) is 1.28. The zero-order chi connectivity index (χ0) is 12.9. The summed E-state index contributed by atoms with van der Waals surface area (Å²) in [5.74, 6) is 1.41. The third kappa shape index (κ3) is 4.03. The molecule has 0 bridgehead atoms. The second kappa shape index (κ2) is 5.62. The highest BCUT2D eigenvalue weighted by atomic mass is 16.5. The Bertz CT molecular complexity index is 386. The summed E-state index contributed by atoms with van der Waals surface area (Å²) < 4.78 is 4.84. The lowest BCUT2D eigenvalue weighted by molar-refractivity contribution is 0.305. The maximum absolute atomic E-state index is 8.62. The normalized spacial score (nSPS) is 13.0. The third-order valence-electron chi connectivity index (χ3n) is 2.58. The van der Waals surface area contributed by atoms with Gasteiger partial charge < -0.3 is 20.8 Å². The van der Waals surface area contributed by atoms with E-state index < -0.39 is 0 Å². The summed E-state index contributed by atoms with van der Waals surface area (Å²) in [6.07, 6.45) is 0.750. The molecule has 0 aromatic carbocycles.